The first kappa shape index (κ1) is 10.9. The predicted molar refractivity (Wildman–Crippen MR) is 68.3 cm³/mol. The molecule has 78 valence electrons. The van der Waals surface area contributed by atoms with E-state index in [1.165, 1.54) is 0 Å². The molecule has 0 aliphatic carbocycles. The molecule has 0 radical (unpaired) electrons. The quantitative estimate of drug-likeness (QED) is 0.789. The lowest BCUT2D eigenvalue weighted by molar-refractivity contribution is 0.477. The van der Waals surface area contributed by atoms with Gasteiger partial charge in [-0.3, -0.25) is 0 Å². The van der Waals surface area contributed by atoms with Gasteiger partial charge in [-0.2, -0.15) is 0 Å². The summed E-state index contributed by atoms with van der Waals surface area (Å²) in [5.74, 6) is 0.191. The van der Waals surface area contributed by atoms with Gasteiger partial charge in [0.05, 0.1) is 4.47 Å². The van der Waals surface area contributed by atoms with Crippen LogP contribution in [-0.4, -0.2) is 10.1 Å². The van der Waals surface area contributed by atoms with Gasteiger partial charge in [0.2, 0.25) is 0 Å². The van der Waals surface area contributed by atoms with Gasteiger partial charge in [0.1, 0.15) is 5.52 Å². The monoisotopic (exact) mass is 329 g/mol. The number of benzene rings is 1. The van der Waals surface area contributed by atoms with E-state index >= 15 is 0 Å². The van der Waals surface area contributed by atoms with E-state index in [1.807, 2.05) is 26.0 Å². The summed E-state index contributed by atoms with van der Waals surface area (Å²) in [6, 6.07) is 3.85. The number of aromatic hydroxyl groups is 1. The number of nitrogens with zero attached hydrogens (tertiary/aromatic N) is 1. The lowest BCUT2D eigenvalue weighted by Gasteiger charge is -2.08. The zero-order valence-electron chi connectivity index (χ0n) is 8.31. The number of aryl methyl sites for hydroxylation is 2. The van der Waals surface area contributed by atoms with Gasteiger partial charge in [0.15, 0.2) is 5.75 Å². The van der Waals surface area contributed by atoms with Crippen LogP contribution in [0.4, 0.5) is 0 Å². The highest BCUT2D eigenvalue weighted by Gasteiger charge is 2.11. The Labute approximate surface area is 105 Å². The summed E-state index contributed by atoms with van der Waals surface area (Å²) < 4.78 is 1.58. The standard InChI is InChI=1S/C11H9Br2NO/c1-5-3-7-8(12)4-9(13)11(15)10(7)14-6(5)2/h3-4,15H,1-2H3. The van der Waals surface area contributed by atoms with Gasteiger partial charge in [-0.25, -0.2) is 4.98 Å². The Bertz CT molecular complexity index is 552. The van der Waals surface area contributed by atoms with Crippen LogP contribution < -0.4 is 0 Å². The topological polar surface area (TPSA) is 33.1 Å². The average Bonchev–Trinajstić information content (AvgIpc) is 2.18. The molecule has 0 spiro atoms. The van der Waals surface area contributed by atoms with Crippen molar-refractivity contribution in [3.63, 3.8) is 0 Å². The highest BCUT2D eigenvalue weighted by molar-refractivity contribution is 9.11. The number of phenolic OH excluding ortho intramolecular Hbond substituents is 1. The number of rotatable bonds is 0. The van der Waals surface area contributed by atoms with E-state index in [1.54, 1.807) is 0 Å². The van der Waals surface area contributed by atoms with E-state index in [0.717, 1.165) is 21.1 Å². The summed E-state index contributed by atoms with van der Waals surface area (Å²) in [6.07, 6.45) is 0. The zero-order chi connectivity index (χ0) is 11.2. The van der Waals surface area contributed by atoms with Crippen LogP contribution >= 0.6 is 31.9 Å². The second-order valence-electron chi connectivity index (χ2n) is 3.48. The van der Waals surface area contributed by atoms with Crippen molar-refractivity contribution in [2.24, 2.45) is 0 Å². The largest absolute Gasteiger partial charge is 0.505 e. The minimum absolute atomic E-state index is 0.191. The van der Waals surface area contributed by atoms with Crippen LogP contribution in [0.5, 0.6) is 5.75 Å². The minimum Gasteiger partial charge on any atom is -0.505 e. The number of halogens is 2. The Kier molecular flexibility index (Phi) is 2.73. The summed E-state index contributed by atoms with van der Waals surface area (Å²) in [7, 11) is 0. The Balaban J connectivity index is 2.97. The van der Waals surface area contributed by atoms with Crippen molar-refractivity contribution in [2.75, 3.05) is 0 Å². The Morgan fingerprint density at radius 3 is 2.47 bits per heavy atom. The molecule has 0 aliphatic rings. The van der Waals surface area contributed by atoms with Crippen LogP contribution in [0.15, 0.2) is 21.1 Å². The van der Waals surface area contributed by atoms with E-state index in [2.05, 4.69) is 36.8 Å². The maximum atomic E-state index is 9.87. The molecule has 0 bridgehead atoms. The van der Waals surface area contributed by atoms with Crippen LogP contribution in [0.1, 0.15) is 11.3 Å². The molecule has 4 heteroatoms. The van der Waals surface area contributed by atoms with Gasteiger partial charge in [0.25, 0.3) is 0 Å². The van der Waals surface area contributed by atoms with Crippen molar-refractivity contribution in [2.45, 2.75) is 13.8 Å². The molecule has 1 aromatic heterocycles. The molecule has 2 aromatic rings. The number of aromatic nitrogens is 1. The molecule has 1 heterocycles. The van der Waals surface area contributed by atoms with Crippen molar-refractivity contribution in [3.05, 3.63) is 32.3 Å². The Morgan fingerprint density at radius 1 is 1.13 bits per heavy atom. The SMILES string of the molecule is Cc1cc2c(Br)cc(Br)c(O)c2nc1C. The van der Waals surface area contributed by atoms with Crippen LogP contribution in [-0.2, 0) is 0 Å². The third kappa shape index (κ3) is 1.76. The number of hydrogen-bond acceptors (Lipinski definition) is 2. The Morgan fingerprint density at radius 2 is 1.80 bits per heavy atom. The lowest BCUT2D eigenvalue weighted by Crippen LogP contribution is -1.90. The van der Waals surface area contributed by atoms with Crippen LogP contribution in [0, 0.1) is 13.8 Å². The molecular weight excluding hydrogens is 322 g/mol. The first-order valence-corrected chi connectivity index (χ1v) is 6.04. The fourth-order valence-electron chi connectivity index (χ4n) is 1.44. The summed E-state index contributed by atoms with van der Waals surface area (Å²) in [5.41, 5.74) is 2.67. The van der Waals surface area contributed by atoms with Gasteiger partial charge in [-0.1, -0.05) is 15.9 Å². The van der Waals surface area contributed by atoms with Crippen LogP contribution in [0.2, 0.25) is 0 Å². The molecule has 0 unspecified atom stereocenters. The van der Waals surface area contributed by atoms with Gasteiger partial charge < -0.3 is 5.11 Å². The molecule has 1 aromatic carbocycles. The molecule has 2 nitrogen and oxygen atoms in total. The summed E-state index contributed by atoms with van der Waals surface area (Å²) in [4.78, 5) is 4.39. The van der Waals surface area contributed by atoms with Crippen molar-refractivity contribution in [1.29, 1.82) is 0 Å². The highest BCUT2D eigenvalue weighted by Crippen LogP contribution is 2.37. The van der Waals surface area contributed by atoms with Crippen molar-refractivity contribution in [3.8, 4) is 5.75 Å². The smallest absolute Gasteiger partial charge is 0.156 e. The van der Waals surface area contributed by atoms with Gasteiger partial charge in [-0.05, 0) is 47.5 Å². The molecule has 15 heavy (non-hydrogen) atoms. The normalized spacial score (nSPS) is 10.9. The summed E-state index contributed by atoms with van der Waals surface area (Å²) in [5, 5.41) is 10.8. The highest BCUT2D eigenvalue weighted by atomic mass is 79.9. The maximum absolute atomic E-state index is 9.87. The second-order valence-corrected chi connectivity index (χ2v) is 5.18. The van der Waals surface area contributed by atoms with Gasteiger partial charge in [-0.15, -0.1) is 0 Å². The van der Waals surface area contributed by atoms with E-state index in [-0.39, 0.29) is 5.75 Å². The van der Waals surface area contributed by atoms with Crippen LogP contribution in [0.25, 0.3) is 10.9 Å². The molecule has 0 amide bonds. The maximum Gasteiger partial charge on any atom is 0.156 e. The third-order valence-electron chi connectivity index (χ3n) is 2.43. The third-order valence-corrected chi connectivity index (χ3v) is 3.69. The molecule has 0 fully saturated rings. The molecule has 0 saturated carbocycles. The number of phenols is 1. The molecule has 2 rings (SSSR count). The van der Waals surface area contributed by atoms with Crippen molar-refractivity contribution < 1.29 is 5.11 Å². The summed E-state index contributed by atoms with van der Waals surface area (Å²) in [6.45, 7) is 3.94. The molecule has 0 atom stereocenters. The number of fused-ring (bicyclic) bond motifs is 1. The fourth-order valence-corrected chi connectivity index (χ4v) is 2.69. The zero-order valence-corrected chi connectivity index (χ0v) is 11.5. The van der Waals surface area contributed by atoms with E-state index < -0.39 is 0 Å². The average molecular weight is 331 g/mol. The minimum atomic E-state index is 0.191. The van der Waals surface area contributed by atoms with Crippen molar-refractivity contribution in [1.82, 2.24) is 4.98 Å². The fraction of sp³-hybridized carbons (Fsp3) is 0.182. The van der Waals surface area contributed by atoms with Gasteiger partial charge >= 0.3 is 0 Å². The first-order valence-electron chi connectivity index (χ1n) is 4.45. The summed E-state index contributed by atoms with van der Waals surface area (Å²) >= 11 is 6.75. The van der Waals surface area contributed by atoms with Crippen LogP contribution in [0.3, 0.4) is 0 Å². The second kappa shape index (κ2) is 3.76. The Hall–Kier alpha value is -0.610. The molecule has 0 aliphatic heterocycles. The number of hydrogen-bond donors (Lipinski definition) is 1. The number of pyridine rings is 1. The lowest BCUT2D eigenvalue weighted by atomic mass is 10.1. The molecule has 0 saturated heterocycles. The van der Waals surface area contributed by atoms with E-state index in [4.69, 9.17) is 0 Å². The van der Waals surface area contributed by atoms with Crippen molar-refractivity contribution >= 4 is 42.8 Å². The molecular formula is C11H9Br2NO. The van der Waals surface area contributed by atoms with Gasteiger partial charge in [0, 0.05) is 15.6 Å². The predicted octanol–water partition coefficient (Wildman–Crippen LogP) is 4.08. The molecule has 1 N–H and O–H groups in total. The first-order chi connectivity index (χ1) is 7.00. The van der Waals surface area contributed by atoms with E-state index in [0.29, 0.717) is 9.99 Å². The van der Waals surface area contributed by atoms with E-state index in [9.17, 15) is 5.11 Å².